The summed E-state index contributed by atoms with van der Waals surface area (Å²) in [5.41, 5.74) is 0. The zero-order valence-electron chi connectivity index (χ0n) is 9.64. The van der Waals surface area contributed by atoms with Crippen molar-refractivity contribution in [1.82, 2.24) is 15.0 Å². The Morgan fingerprint density at radius 1 is 1.35 bits per heavy atom. The van der Waals surface area contributed by atoms with E-state index in [-0.39, 0.29) is 17.9 Å². The molecule has 1 N–H and O–H groups in total. The third-order valence-electron chi connectivity index (χ3n) is 2.91. The molecule has 0 amide bonds. The van der Waals surface area contributed by atoms with Crippen LogP contribution in [-0.4, -0.2) is 46.9 Å². The first-order valence-corrected chi connectivity index (χ1v) is 5.92. The molecule has 0 bridgehead atoms. The number of halogens is 1. The summed E-state index contributed by atoms with van der Waals surface area (Å²) >= 11 is 5.80. The molecule has 1 aliphatic rings. The molecule has 0 aliphatic carbocycles. The van der Waals surface area contributed by atoms with E-state index in [9.17, 15) is 0 Å². The third-order valence-corrected chi connectivity index (χ3v) is 3.08. The zero-order chi connectivity index (χ0) is 12.3. The molecule has 0 spiro atoms. The number of ether oxygens (including phenoxy) is 1. The average molecular weight is 259 g/mol. The minimum atomic E-state index is 0.135. The molecular weight excluding hydrogens is 244 g/mol. The number of rotatable bonds is 3. The Bertz CT molecular complexity index is 383. The van der Waals surface area contributed by atoms with E-state index in [4.69, 9.17) is 21.4 Å². The number of anilines is 1. The van der Waals surface area contributed by atoms with Gasteiger partial charge in [-0.1, -0.05) is 0 Å². The summed E-state index contributed by atoms with van der Waals surface area (Å²) in [4.78, 5) is 14.1. The number of aliphatic hydroxyl groups excluding tert-OH is 1. The van der Waals surface area contributed by atoms with E-state index in [2.05, 4.69) is 15.0 Å². The van der Waals surface area contributed by atoms with Gasteiger partial charge in [0.2, 0.25) is 11.2 Å². The molecular formula is C10H15ClN4O2. The number of piperidine rings is 1. The Labute approximate surface area is 105 Å². The summed E-state index contributed by atoms with van der Waals surface area (Å²) in [6.07, 6.45) is 1.87. The Kier molecular flexibility index (Phi) is 3.96. The molecule has 6 nitrogen and oxygen atoms in total. The Balaban J connectivity index is 2.10. The maximum absolute atomic E-state index is 9.07. The predicted octanol–water partition coefficient (Wildman–Crippen LogP) is 0.742. The van der Waals surface area contributed by atoms with Crippen LogP contribution in [0.3, 0.4) is 0 Å². The van der Waals surface area contributed by atoms with Gasteiger partial charge in [-0.05, 0) is 30.4 Å². The molecule has 0 aromatic carbocycles. The summed E-state index contributed by atoms with van der Waals surface area (Å²) < 4.78 is 4.96. The summed E-state index contributed by atoms with van der Waals surface area (Å²) in [6, 6.07) is 0.226. The van der Waals surface area contributed by atoms with Crippen LogP contribution in [0.5, 0.6) is 6.01 Å². The molecule has 2 rings (SSSR count). The third kappa shape index (κ3) is 2.95. The number of nitrogens with zero attached hydrogens (tertiary/aromatic N) is 4. The van der Waals surface area contributed by atoms with E-state index in [1.54, 1.807) is 0 Å². The molecule has 1 aliphatic heterocycles. The molecule has 0 unspecified atom stereocenters. The van der Waals surface area contributed by atoms with E-state index >= 15 is 0 Å². The first kappa shape index (κ1) is 12.3. The van der Waals surface area contributed by atoms with Crippen LogP contribution in [0.4, 0.5) is 5.95 Å². The first-order chi connectivity index (χ1) is 8.22. The molecule has 7 heteroatoms. The quantitative estimate of drug-likeness (QED) is 0.862. The zero-order valence-corrected chi connectivity index (χ0v) is 10.4. The van der Waals surface area contributed by atoms with Crippen molar-refractivity contribution in [3.8, 4) is 6.01 Å². The van der Waals surface area contributed by atoms with E-state index in [1.807, 2.05) is 4.90 Å². The van der Waals surface area contributed by atoms with Gasteiger partial charge in [0, 0.05) is 19.7 Å². The lowest BCUT2D eigenvalue weighted by molar-refractivity contribution is 0.202. The minimum absolute atomic E-state index is 0.135. The van der Waals surface area contributed by atoms with Gasteiger partial charge in [-0.3, -0.25) is 0 Å². The fourth-order valence-corrected chi connectivity index (χ4v) is 2.02. The van der Waals surface area contributed by atoms with Gasteiger partial charge >= 0.3 is 6.01 Å². The Hall–Kier alpha value is -1.14. The highest BCUT2D eigenvalue weighted by Crippen LogP contribution is 2.22. The SMILES string of the molecule is COc1nc(Cl)nc(N2CCC(CO)CC2)n1. The van der Waals surface area contributed by atoms with Gasteiger partial charge in [-0.2, -0.15) is 15.0 Å². The van der Waals surface area contributed by atoms with Crippen LogP contribution in [0.2, 0.25) is 5.28 Å². The van der Waals surface area contributed by atoms with Crippen molar-refractivity contribution in [2.45, 2.75) is 12.8 Å². The van der Waals surface area contributed by atoms with Gasteiger partial charge < -0.3 is 14.7 Å². The Morgan fingerprint density at radius 3 is 2.65 bits per heavy atom. The van der Waals surface area contributed by atoms with Crippen LogP contribution in [0.15, 0.2) is 0 Å². The molecule has 0 atom stereocenters. The molecule has 0 radical (unpaired) electrons. The van der Waals surface area contributed by atoms with Gasteiger partial charge in [-0.15, -0.1) is 0 Å². The summed E-state index contributed by atoms with van der Waals surface area (Å²) in [6.45, 7) is 1.87. The predicted molar refractivity (Wildman–Crippen MR) is 63.4 cm³/mol. The standard InChI is InChI=1S/C10H15ClN4O2/c1-17-10-13-8(11)12-9(14-10)15-4-2-7(6-16)3-5-15/h7,16H,2-6H2,1H3. The molecule has 2 heterocycles. The lowest BCUT2D eigenvalue weighted by Gasteiger charge is -2.30. The lowest BCUT2D eigenvalue weighted by Crippen LogP contribution is -2.36. The second kappa shape index (κ2) is 5.46. The van der Waals surface area contributed by atoms with Crippen molar-refractivity contribution in [2.75, 3.05) is 31.7 Å². The normalized spacial score (nSPS) is 17.2. The molecule has 0 saturated carbocycles. The van der Waals surface area contributed by atoms with Gasteiger partial charge in [0.25, 0.3) is 0 Å². The molecule has 1 fully saturated rings. The highest BCUT2D eigenvalue weighted by molar-refractivity contribution is 6.28. The minimum Gasteiger partial charge on any atom is -0.467 e. The lowest BCUT2D eigenvalue weighted by atomic mass is 9.98. The maximum Gasteiger partial charge on any atom is 0.322 e. The van der Waals surface area contributed by atoms with Crippen LogP contribution >= 0.6 is 11.6 Å². The second-order valence-corrected chi connectivity index (χ2v) is 4.34. The number of hydrogen-bond donors (Lipinski definition) is 1. The van der Waals surface area contributed by atoms with Gasteiger partial charge in [0.05, 0.1) is 7.11 Å². The van der Waals surface area contributed by atoms with Crippen LogP contribution in [0.25, 0.3) is 0 Å². The maximum atomic E-state index is 9.07. The number of hydrogen-bond acceptors (Lipinski definition) is 6. The van der Waals surface area contributed by atoms with Crippen molar-refractivity contribution in [1.29, 1.82) is 0 Å². The fraction of sp³-hybridized carbons (Fsp3) is 0.700. The molecule has 17 heavy (non-hydrogen) atoms. The van der Waals surface area contributed by atoms with Crippen molar-refractivity contribution in [2.24, 2.45) is 5.92 Å². The highest BCUT2D eigenvalue weighted by Gasteiger charge is 2.21. The smallest absolute Gasteiger partial charge is 0.322 e. The number of aromatic nitrogens is 3. The highest BCUT2D eigenvalue weighted by atomic mass is 35.5. The summed E-state index contributed by atoms with van der Waals surface area (Å²) in [7, 11) is 1.49. The van der Waals surface area contributed by atoms with Gasteiger partial charge in [-0.25, -0.2) is 0 Å². The van der Waals surface area contributed by atoms with Crippen LogP contribution in [0.1, 0.15) is 12.8 Å². The summed E-state index contributed by atoms with van der Waals surface area (Å²) in [5.74, 6) is 0.920. The fourth-order valence-electron chi connectivity index (χ4n) is 1.87. The largest absolute Gasteiger partial charge is 0.467 e. The van der Waals surface area contributed by atoms with Crippen LogP contribution in [0, 0.1) is 5.92 Å². The molecule has 1 saturated heterocycles. The monoisotopic (exact) mass is 258 g/mol. The Morgan fingerprint density at radius 2 is 2.06 bits per heavy atom. The van der Waals surface area contributed by atoms with E-state index in [1.165, 1.54) is 7.11 Å². The molecule has 1 aromatic heterocycles. The van der Waals surface area contributed by atoms with Crippen molar-refractivity contribution >= 4 is 17.5 Å². The second-order valence-electron chi connectivity index (χ2n) is 4.00. The van der Waals surface area contributed by atoms with Gasteiger partial charge in [0.15, 0.2) is 0 Å². The van der Waals surface area contributed by atoms with Crippen molar-refractivity contribution in [3.05, 3.63) is 5.28 Å². The molecule has 1 aromatic rings. The summed E-state index contributed by atoms with van der Waals surface area (Å²) in [5, 5.41) is 9.21. The van der Waals surface area contributed by atoms with E-state index in [0.717, 1.165) is 25.9 Å². The van der Waals surface area contributed by atoms with Crippen molar-refractivity contribution < 1.29 is 9.84 Å². The molecule has 94 valence electrons. The number of aliphatic hydroxyl groups is 1. The van der Waals surface area contributed by atoms with E-state index < -0.39 is 0 Å². The first-order valence-electron chi connectivity index (χ1n) is 5.54. The van der Waals surface area contributed by atoms with Crippen LogP contribution < -0.4 is 9.64 Å². The van der Waals surface area contributed by atoms with E-state index in [0.29, 0.717) is 11.9 Å². The van der Waals surface area contributed by atoms with Crippen LogP contribution in [-0.2, 0) is 0 Å². The van der Waals surface area contributed by atoms with Crippen molar-refractivity contribution in [3.63, 3.8) is 0 Å². The topological polar surface area (TPSA) is 71.4 Å². The average Bonchev–Trinajstić information content (AvgIpc) is 2.38. The number of methoxy groups -OCH3 is 1. The van der Waals surface area contributed by atoms with Gasteiger partial charge in [0.1, 0.15) is 0 Å².